The van der Waals surface area contributed by atoms with Crippen LogP contribution >= 0.6 is 0 Å². The first-order valence-corrected chi connectivity index (χ1v) is 8.97. The Morgan fingerprint density at radius 2 is 2.04 bits per heavy atom. The molecule has 0 radical (unpaired) electrons. The molecule has 0 fully saturated rings. The van der Waals surface area contributed by atoms with Crippen molar-refractivity contribution in [1.82, 2.24) is 15.0 Å². The molecule has 0 atom stereocenters. The van der Waals surface area contributed by atoms with Crippen LogP contribution in [-0.4, -0.2) is 47.8 Å². The fraction of sp³-hybridized carbons (Fsp3) is 0.526. The largest absolute Gasteiger partial charge is 0.416 e. The van der Waals surface area contributed by atoms with Gasteiger partial charge in [-0.15, -0.1) is 0 Å². The zero-order valence-corrected chi connectivity index (χ0v) is 16.1. The van der Waals surface area contributed by atoms with Crippen LogP contribution in [0.5, 0.6) is 0 Å². The van der Waals surface area contributed by atoms with Gasteiger partial charge in [0.05, 0.1) is 12.2 Å². The molecule has 1 aromatic carbocycles. The maximum absolute atomic E-state index is 12.9. The summed E-state index contributed by atoms with van der Waals surface area (Å²) in [5, 5.41) is 3.76. The molecule has 0 saturated carbocycles. The Hall–Kier alpha value is -2.42. The van der Waals surface area contributed by atoms with E-state index in [1.54, 1.807) is 12.0 Å². The van der Waals surface area contributed by atoms with Crippen LogP contribution in [0.25, 0.3) is 11.4 Å². The van der Waals surface area contributed by atoms with E-state index in [0.29, 0.717) is 32.5 Å². The van der Waals surface area contributed by atoms with Crippen LogP contribution in [0.3, 0.4) is 0 Å². The molecule has 1 amide bonds. The van der Waals surface area contributed by atoms with E-state index < -0.39 is 11.7 Å². The number of alkyl halides is 3. The Bertz CT molecular complexity index is 775. The number of aromatic nitrogens is 2. The minimum absolute atomic E-state index is 0.00432. The molecular weight excluding hydrogens is 375 g/mol. The van der Waals surface area contributed by atoms with Crippen molar-refractivity contribution < 1.29 is 27.2 Å². The zero-order valence-electron chi connectivity index (χ0n) is 16.1. The average molecular weight is 399 g/mol. The normalized spacial score (nSPS) is 11.8. The van der Waals surface area contributed by atoms with Gasteiger partial charge < -0.3 is 14.2 Å². The van der Waals surface area contributed by atoms with Gasteiger partial charge in [-0.1, -0.05) is 31.1 Å². The number of carbonyl (C=O) groups excluding carboxylic acids is 1. The molecule has 1 heterocycles. The van der Waals surface area contributed by atoms with Gasteiger partial charge in [0.25, 0.3) is 0 Å². The molecule has 154 valence electrons. The Morgan fingerprint density at radius 3 is 2.68 bits per heavy atom. The number of amides is 1. The number of hydrogen-bond acceptors (Lipinski definition) is 5. The molecule has 0 unspecified atom stereocenters. The molecule has 0 aliphatic heterocycles. The fourth-order valence-corrected chi connectivity index (χ4v) is 2.58. The van der Waals surface area contributed by atoms with Gasteiger partial charge in [-0.05, 0) is 18.1 Å². The highest BCUT2D eigenvalue weighted by molar-refractivity contribution is 5.76. The zero-order chi connectivity index (χ0) is 20.7. The number of ether oxygens (including phenoxy) is 1. The van der Waals surface area contributed by atoms with Crippen molar-refractivity contribution in [2.45, 2.75) is 32.9 Å². The third-order valence-electron chi connectivity index (χ3n) is 4.01. The lowest BCUT2D eigenvalue weighted by molar-refractivity contribution is -0.137. The molecule has 0 aliphatic carbocycles. The smallest absolute Gasteiger partial charge is 0.383 e. The standard InChI is InChI=1S/C19H24F3N3O3/c1-13(2)11-17(26)25(9-10-27-3)8-7-16-23-18(24-28-16)14-5-4-6-15(12-14)19(20,21)22/h4-6,12-13H,7-11H2,1-3H3. The van der Waals surface area contributed by atoms with E-state index in [9.17, 15) is 18.0 Å². The summed E-state index contributed by atoms with van der Waals surface area (Å²) >= 11 is 0. The minimum Gasteiger partial charge on any atom is -0.383 e. The van der Waals surface area contributed by atoms with Crippen molar-refractivity contribution >= 4 is 5.91 Å². The van der Waals surface area contributed by atoms with Gasteiger partial charge in [-0.2, -0.15) is 18.2 Å². The van der Waals surface area contributed by atoms with Crippen LogP contribution < -0.4 is 0 Å². The summed E-state index contributed by atoms with van der Waals surface area (Å²) < 4.78 is 48.8. The molecule has 0 aliphatic rings. The average Bonchev–Trinajstić information content (AvgIpc) is 3.09. The molecule has 28 heavy (non-hydrogen) atoms. The second-order valence-electron chi connectivity index (χ2n) is 6.81. The van der Waals surface area contributed by atoms with Crippen LogP contribution in [0.15, 0.2) is 28.8 Å². The van der Waals surface area contributed by atoms with Gasteiger partial charge in [0, 0.05) is 38.6 Å². The van der Waals surface area contributed by atoms with Crippen LogP contribution in [0.1, 0.15) is 31.7 Å². The van der Waals surface area contributed by atoms with Crippen molar-refractivity contribution in [2.75, 3.05) is 26.8 Å². The molecule has 0 spiro atoms. The number of benzene rings is 1. The maximum atomic E-state index is 12.9. The summed E-state index contributed by atoms with van der Waals surface area (Å²) in [4.78, 5) is 18.2. The number of hydrogen-bond donors (Lipinski definition) is 0. The van der Waals surface area contributed by atoms with Gasteiger partial charge >= 0.3 is 6.18 Å². The SMILES string of the molecule is COCCN(CCc1nc(-c2cccc(C(F)(F)F)c2)no1)C(=O)CC(C)C. The topological polar surface area (TPSA) is 68.5 Å². The molecule has 2 aromatic rings. The van der Waals surface area contributed by atoms with Gasteiger partial charge in [0.1, 0.15) is 0 Å². The second-order valence-corrected chi connectivity index (χ2v) is 6.81. The molecule has 1 aromatic heterocycles. The summed E-state index contributed by atoms with van der Waals surface area (Å²) in [5.74, 6) is 0.573. The van der Waals surface area contributed by atoms with Gasteiger partial charge in [0.15, 0.2) is 0 Å². The summed E-state index contributed by atoms with van der Waals surface area (Å²) in [6.45, 7) is 5.14. The summed E-state index contributed by atoms with van der Waals surface area (Å²) in [6, 6.07) is 4.75. The number of nitrogens with zero attached hydrogens (tertiary/aromatic N) is 3. The highest BCUT2D eigenvalue weighted by Gasteiger charge is 2.30. The third kappa shape index (κ3) is 6.33. The van der Waals surface area contributed by atoms with Crippen LogP contribution in [0.4, 0.5) is 13.2 Å². The van der Waals surface area contributed by atoms with Crippen LogP contribution in [0.2, 0.25) is 0 Å². The highest BCUT2D eigenvalue weighted by atomic mass is 19.4. The molecule has 6 nitrogen and oxygen atoms in total. The highest BCUT2D eigenvalue weighted by Crippen LogP contribution is 2.31. The van der Waals surface area contributed by atoms with E-state index in [4.69, 9.17) is 9.26 Å². The van der Waals surface area contributed by atoms with E-state index in [2.05, 4.69) is 10.1 Å². The van der Waals surface area contributed by atoms with E-state index in [0.717, 1.165) is 12.1 Å². The lowest BCUT2D eigenvalue weighted by atomic mass is 10.1. The summed E-state index contributed by atoms with van der Waals surface area (Å²) in [7, 11) is 1.56. The molecule has 2 rings (SSSR count). The van der Waals surface area contributed by atoms with Gasteiger partial charge in [-0.3, -0.25) is 4.79 Å². The van der Waals surface area contributed by atoms with Crippen molar-refractivity contribution in [1.29, 1.82) is 0 Å². The summed E-state index contributed by atoms with van der Waals surface area (Å²) in [5.41, 5.74) is -0.557. The number of methoxy groups -OCH3 is 1. The Balaban J connectivity index is 2.06. The molecular formula is C19H24F3N3O3. The Kier molecular flexibility index (Phi) is 7.56. The first-order valence-electron chi connectivity index (χ1n) is 8.97. The Morgan fingerprint density at radius 1 is 1.29 bits per heavy atom. The second kappa shape index (κ2) is 9.68. The molecule has 0 bridgehead atoms. The van der Waals surface area contributed by atoms with Crippen molar-refractivity contribution in [3.05, 3.63) is 35.7 Å². The van der Waals surface area contributed by atoms with E-state index in [1.807, 2.05) is 13.8 Å². The molecule has 0 saturated heterocycles. The first kappa shape index (κ1) is 21.9. The molecule has 9 heteroatoms. The van der Waals surface area contributed by atoms with Crippen LogP contribution in [0, 0.1) is 5.92 Å². The lowest BCUT2D eigenvalue weighted by Gasteiger charge is -2.22. The van der Waals surface area contributed by atoms with Crippen LogP contribution in [-0.2, 0) is 22.1 Å². The quantitative estimate of drug-likeness (QED) is 0.641. The fourth-order valence-electron chi connectivity index (χ4n) is 2.58. The predicted octanol–water partition coefficient (Wildman–Crippen LogP) is 3.82. The minimum atomic E-state index is -4.44. The van der Waals surface area contributed by atoms with E-state index in [-0.39, 0.29) is 29.1 Å². The summed E-state index contributed by atoms with van der Waals surface area (Å²) in [6.07, 6.45) is -3.72. The predicted molar refractivity (Wildman–Crippen MR) is 96.4 cm³/mol. The van der Waals surface area contributed by atoms with Crippen molar-refractivity contribution in [2.24, 2.45) is 5.92 Å². The maximum Gasteiger partial charge on any atom is 0.416 e. The van der Waals surface area contributed by atoms with Crippen molar-refractivity contribution in [3.8, 4) is 11.4 Å². The Labute approximate surface area is 161 Å². The third-order valence-corrected chi connectivity index (χ3v) is 4.01. The number of rotatable bonds is 9. The van der Waals surface area contributed by atoms with E-state index in [1.165, 1.54) is 12.1 Å². The first-order chi connectivity index (χ1) is 13.2. The van der Waals surface area contributed by atoms with E-state index >= 15 is 0 Å². The lowest BCUT2D eigenvalue weighted by Crippen LogP contribution is -2.36. The van der Waals surface area contributed by atoms with Gasteiger partial charge in [-0.25, -0.2) is 0 Å². The number of carbonyl (C=O) groups is 1. The van der Waals surface area contributed by atoms with Gasteiger partial charge in [0.2, 0.25) is 17.6 Å². The number of halogens is 3. The monoisotopic (exact) mass is 399 g/mol. The van der Waals surface area contributed by atoms with Crippen molar-refractivity contribution in [3.63, 3.8) is 0 Å². The molecule has 0 N–H and O–H groups in total.